The van der Waals surface area contributed by atoms with Gasteiger partial charge in [0.25, 0.3) is 11.8 Å². The second kappa shape index (κ2) is 8.87. The lowest BCUT2D eigenvalue weighted by Crippen LogP contribution is -2.54. The Morgan fingerprint density at radius 2 is 1.58 bits per heavy atom. The first-order valence-electron chi connectivity index (χ1n) is 9.78. The van der Waals surface area contributed by atoms with Gasteiger partial charge >= 0.3 is 6.03 Å². The van der Waals surface area contributed by atoms with Crippen LogP contribution in [-0.4, -0.2) is 49.0 Å². The van der Waals surface area contributed by atoms with Gasteiger partial charge in [-0.05, 0) is 18.2 Å². The SMILES string of the molecule is COc1cc(N2C(=O)NC(=O)C(=Cc3cnn(-c4ccccc4)c3)C2=O)cc(OC)c1OC. The Morgan fingerprint density at radius 1 is 0.909 bits per heavy atom. The van der Waals surface area contributed by atoms with Crippen molar-refractivity contribution in [3.8, 4) is 22.9 Å². The molecule has 2 heterocycles. The van der Waals surface area contributed by atoms with E-state index in [9.17, 15) is 14.4 Å². The average Bonchev–Trinajstić information content (AvgIpc) is 3.30. The summed E-state index contributed by atoms with van der Waals surface area (Å²) in [6.45, 7) is 0. The maximum atomic E-state index is 13.2. The van der Waals surface area contributed by atoms with Gasteiger partial charge in [0.05, 0.1) is 38.9 Å². The standard InChI is InChI=1S/C23H20N4O6/c1-31-18-10-16(11-19(32-2)20(18)33-3)27-22(29)17(21(28)25-23(27)30)9-14-12-24-26(13-14)15-7-5-4-6-8-15/h4-13H,1-3H3,(H,25,28,30). The number of nitrogens with zero attached hydrogens (tertiary/aromatic N) is 3. The van der Waals surface area contributed by atoms with Crippen molar-refractivity contribution in [3.05, 3.63) is 66.0 Å². The molecule has 0 unspecified atom stereocenters. The minimum Gasteiger partial charge on any atom is -0.493 e. The monoisotopic (exact) mass is 448 g/mol. The molecule has 0 aliphatic carbocycles. The topological polar surface area (TPSA) is 112 Å². The molecule has 2 aromatic carbocycles. The number of urea groups is 1. The molecule has 0 bridgehead atoms. The fourth-order valence-electron chi connectivity index (χ4n) is 3.39. The van der Waals surface area contributed by atoms with Crippen molar-refractivity contribution in [1.29, 1.82) is 0 Å². The summed E-state index contributed by atoms with van der Waals surface area (Å²) in [5, 5.41) is 6.45. The van der Waals surface area contributed by atoms with Crippen LogP contribution in [0.4, 0.5) is 10.5 Å². The molecular weight excluding hydrogens is 428 g/mol. The molecule has 0 radical (unpaired) electrons. The number of rotatable bonds is 6. The van der Waals surface area contributed by atoms with E-state index in [0.29, 0.717) is 11.3 Å². The van der Waals surface area contributed by atoms with Crippen molar-refractivity contribution in [3.63, 3.8) is 0 Å². The van der Waals surface area contributed by atoms with E-state index in [2.05, 4.69) is 10.4 Å². The van der Waals surface area contributed by atoms with Crippen LogP contribution in [0.2, 0.25) is 0 Å². The number of para-hydroxylation sites is 1. The molecule has 4 rings (SSSR count). The molecule has 33 heavy (non-hydrogen) atoms. The lowest BCUT2D eigenvalue weighted by molar-refractivity contribution is -0.122. The van der Waals surface area contributed by atoms with E-state index in [-0.39, 0.29) is 22.8 Å². The molecule has 1 aliphatic rings. The summed E-state index contributed by atoms with van der Waals surface area (Å²) in [4.78, 5) is 39.1. The number of carbonyl (C=O) groups excluding carboxylic acids is 3. The van der Waals surface area contributed by atoms with Crippen molar-refractivity contribution in [2.75, 3.05) is 26.2 Å². The van der Waals surface area contributed by atoms with Crippen LogP contribution < -0.4 is 24.4 Å². The largest absolute Gasteiger partial charge is 0.493 e. The van der Waals surface area contributed by atoms with Gasteiger partial charge in [0.1, 0.15) is 5.57 Å². The van der Waals surface area contributed by atoms with Crippen LogP contribution >= 0.6 is 0 Å². The summed E-state index contributed by atoms with van der Waals surface area (Å²) < 4.78 is 17.5. The Morgan fingerprint density at radius 3 is 2.18 bits per heavy atom. The maximum absolute atomic E-state index is 13.2. The van der Waals surface area contributed by atoms with Crippen LogP contribution in [0.5, 0.6) is 17.2 Å². The van der Waals surface area contributed by atoms with Crippen LogP contribution in [0.3, 0.4) is 0 Å². The number of barbiturate groups is 1. The molecule has 10 heteroatoms. The lowest BCUT2D eigenvalue weighted by Gasteiger charge is -2.27. The first-order chi connectivity index (χ1) is 16.0. The first kappa shape index (κ1) is 21.6. The number of carbonyl (C=O) groups is 3. The molecule has 1 N–H and O–H groups in total. The van der Waals surface area contributed by atoms with E-state index in [1.54, 1.807) is 10.9 Å². The van der Waals surface area contributed by atoms with Gasteiger partial charge in [0.15, 0.2) is 11.5 Å². The van der Waals surface area contributed by atoms with E-state index in [0.717, 1.165) is 10.6 Å². The fourth-order valence-corrected chi connectivity index (χ4v) is 3.39. The highest BCUT2D eigenvalue weighted by Gasteiger charge is 2.37. The van der Waals surface area contributed by atoms with Crippen molar-refractivity contribution in [1.82, 2.24) is 15.1 Å². The van der Waals surface area contributed by atoms with Crippen LogP contribution in [-0.2, 0) is 9.59 Å². The number of imide groups is 2. The lowest BCUT2D eigenvalue weighted by atomic mass is 10.1. The maximum Gasteiger partial charge on any atom is 0.335 e. The zero-order chi connectivity index (χ0) is 23.5. The summed E-state index contributed by atoms with van der Waals surface area (Å²) in [5.41, 5.74) is 1.24. The van der Waals surface area contributed by atoms with Gasteiger partial charge in [-0.2, -0.15) is 5.10 Å². The molecule has 1 aliphatic heterocycles. The number of methoxy groups -OCH3 is 3. The molecule has 168 valence electrons. The van der Waals surface area contributed by atoms with E-state index in [1.165, 1.54) is 45.7 Å². The Bertz CT molecular complexity index is 1240. The van der Waals surface area contributed by atoms with Gasteiger partial charge in [0.2, 0.25) is 5.75 Å². The molecule has 0 atom stereocenters. The minimum atomic E-state index is -0.892. The summed E-state index contributed by atoms with van der Waals surface area (Å²) in [6, 6.07) is 11.4. The summed E-state index contributed by atoms with van der Waals surface area (Å²) in [5.74, 6) is -0.807. The Hall–Kier alpha value is -4.60. The predicted octanol–water partition coefficient (Wildman–Crippen LogP) is 2.56. The second-order valence-corrected chi connectivity index (χ2v) is 6.90. The fraction of sp³-hybridized carbons (Fsp3) is 0.130. The van der Waals surface area contributed by atoms with Gasteiger partial charge in [-0.15, -0.1) is 0 Å². The van der Waals surface area contributed by atoms with Crippen molar-refractivity contribution >= 4 is 29.6 Å². The number of nitrogens with one attached hydrogen (secondary N) is 1. The normalized spacial score (nSPS) is 14.9. The zero-order valence-corrected chi connectivity index (χ0v) is 18.1. The number of amides is 4. The first-order valence-corrected chi connectivity index (χ1v) is 9.78. The number of hydrogen-bond acceptors (Lipinski definition) is 7. The number of anilines is 1. The third kappa shape index (κ3) is 4.01. The van der Waals surface area contributed by atoms with Crippen LogP contribution in [0, 0.1) is 0 Å². The smallest absolute Gasteiger partial charge is 0.335 e. The van der Waals surface area contributed by atoms with E-state index in [4.69, 9.17) is 14.2 Å². The van der Waals surface area contributed by atoms with E-state index in [1.807, 2.05) is 30.3 Å². The van der Waals surface area contributed by atoms with Crippen molar-refractivity contribution in [2.45, 2.75) is 0 Å². The quantitative estimate of drug-likeness (QED) is 0.456. The minimum absolute atomic E-state index is 0.144. The molecule has 3 aromatic rings. The molecule has 4 amide bonds. The summed E-state index contributed by atoms with van der Waals surface area (Å²) in [7, 11) is 4.27. The zero-order valence-electron chi connectivity index (χ0n) is 18.1. The molecule has 0 spiro atoms. The number of aromatic nitrogens is 2. The highest BCUT2D eigenvalue weighted by molar-refractivity contribution is 6.39. The average molecular weight is 448 g/mol. The third-order valence-electron chi connectivity index (χ3n) is 4.94. The summed E-state index contributed by atoms with van der Waals surface area (Å²) >= 11 is 0. The van der Waals surface area contributed by atoms with Gasteiger partial charge < -0.3 is 14.2 Å². The van der Waals surface area contributed by atoms with Gasteiger partial charge in [0, 0.05) is 23.9 Å². The van der Waals surface area contributed by atoms with Crippen LogP contribution in [0.1, 0.15) is 5.56 Å². The molecule has 1 saturated heterocycles. The van der Waals surface area contributed by atoms with E-state index < -0.39 is 17.8 Å². The predicted molar refractivity (Wildman–Crippen MR) is 119 cm³/mol. The van der Waals surface area contributed by atoms with Crippen molar-refractivity contribution in [2.24, 2.45) is 0 Å². The number of ether oxygens (including phenoxy) is 3. The molecule has 1 fully saturated rings. The molecular formula is C23H20N4O6. The highest BCUT2D eigenvalue weighted by atomic mass is 16.5. The molecule has 1 aromatic heterocycles. The number of hydrogen-bond donors (Lipinski definition) is 1. The van der Waals surface area contributed by atoms with Crippen LogP contribution in [0.15, 0.2) is 60.4 Å². The Labute approximate surface area is 189 Å². The molecule has 0 saturated carbocycles. The number of benzene rings is 2. The van der Waals surface area contributed by atoms with Gasteiger partial charge in [-0.25, -0.2) is 14.4 Å². The van der Waals surface area contributed by atoms with Gasteiger partial charge in [-0.1, -0.05) is 18.2 Å². The highest BCUT2D eigenvalue weighted by Crippen LogP contribution is 2.41. The molecule has 10 nitrogen and oxygen atoms in total. The van der Waals surface area contributed by atoms with Crippen molar-refractivity contribution < 1.29 is 28.6 Å². The third-order valence-corrected chi connectivity index (χ3v) is 4.94. The second-order valence-electron chi connectivity index (χ2n) is 6.90. The van der Waals surface area contributed by atoms with E-state index >= 15 is 0 Å². The Balaban J connectivity index is 1.72. The van der Waals surface area contributed by atoms with Gasteiger partial charge in [-0.3, -0.25) is 14.9 Å². The Kier molecular flexibility index (Phi) is 5.81. The van der Waals surface area contributed by atoms with Crippen LogP contribution in [0.25, 0.3) is 11.8 Å². The summed E-state index contributed by atoms with van der Waals surface area (Å²) in [6.07, 6.45) is 4.56.